The van der Waals surface area contributed by atoms with Crippen LogP contribution in [0, 0.1) is 0 Å². The number of rotatable bonds is 6. The Balaban J connectivity index is 1.50. The van der Waals surface area contributed by atoms with E-state index in [1.54, 1.807) is 4.90 Å². The fourth-order valence-electron chi connectivity index (χ4n) is 3.67. The summed E-state index contributed by atoms with van der Waals surface area (Å²) in [6.07, 6.45) is 1.52. The lowest BCUT2D eigenvalue weighted by molar-refractivity contribution is -0.131. The maximum atomic E-state index is 12.7. The molecule has 0 aliphatic heterocycles. The van der Waals surface area contributed by atoms with Crippen LogP contribution in [-0.2, 0) is 4.79 Å². The Kier molecular flexibility index (Phi) is 6.54. The van der Waals surface area contributed by atoms with Gasteiger partial charge in [-0.05, 0) is 40.6 Å². The van der Waals surface area contributed by atoms with Crippen LogP contribution in [0.3, 0.4) is 0 Å². The number of fused-ring (bicyclic) bond motifs is 1. The van der Waals surface area contributed by atoms with Crippen LogP contribution in [0.15, 0.2) is 72.9 Å². The van der Waals surface area contributed by atoms with Gasteiger partial charge in [0.05, 0.1) is 6.20 Å². The lowest BCUT2D eigenvalue weighted by Crippen LogP contribution is -2.16. The van der Waals surface area contributed by atoms with Crippen LogP contribution in [0.2, 0.25) is 0 Å². The predicted octanol–water partition coefficient (Wildman–Crippen LogP) is 5.03. The van der Waals surface area contributed by atoms with Crippen LogP contribution in [0.4, 0.5) is 11.5 Å². The van der Waals surface area contributed by atoms with Crippen molar-refractivity contribution in [3.8, 4) is 5.75 Å². The quantitative estimate of drug-likeness (QED) is 0.412. The second-order valence-electron chi connectivity index (χ2n) is 8.26. The molecule has 0 aliphatic carbocycles. The summed E-state index contributed by atoms with van der Waals surface area (Å²) >= 11 is 0. The van der Waals surface area contributed by atoms with E-state index >= 15 is 0 Å². The lowest BCUT2D eigenvalue weighted by Gasteiger charge is -2.18. The summed E-state index contributed by atoms with van der Waals surface area (Å²) in [4.78, 5) is 34.9. The number of esters is 1. The van der Waals surface area contributed by atoms with Gasteiger partial charge in [-0.25, -0.2) is 9.97 Å². The van der Waals surface area contributed by atoms with E-state index in [9.17, 15) is 9.59 Å². The number of amides is 1. The van der Waals surface area contributed by atoms with Gasteiger partial charge in [-0.1, -0.05) is 49.4 Å². The number of carbonyl (C=O) groups excluding carboxylic acids is 2. The Morgan fingerprint density at radius 1 is 0.971 bits per heavy atom. The van der Waals surface area contributed by atoms with Crippen LogP contribution >= 0.6 is 0 Å². The van der Waals surface area contributed by atoms with Gasteiger partial charge in [0.15, 0.2) is 11.6 Å². The molecule has 1 N–H and O–H groups in total. The van der Waals surface area contributed by atoms with Gasteiger partial charge in [-0.15, -0.1) is 0 Å². The normalized spacial score (nSPS) is 11.6. The fraction of sp³-hybridized carbons (Fsp3) is 0.185. The number of nitrogens with zero attached hydrogens (tertiary/aromatic N) is 3. The number of benzene rings is 3. The van der Waals surface area contributed by atoms with Crippen LogP contribution in [0.5, 0.6) is 5.75 Å². The second kappa shape index (κ2) is 9.70. The minimum atomic E-state index is -0.422. The predicted molar refractivity (Wildman–Crippen MR) is 134 cm³/mol. The number of hydrogen-bond donors (Lipinski definition) is 1. The molecule has 0 saturated carbocycles. The Labute approximate surface area is 198 Å². The molecule has 1 amide bonds. The number of nitrogens with one attached hydrogen (secondary N) is 1. The SMILES string of the molecule is CC(=O)Oc1cnc(C(C)c2ccc(NC(=O)c3ccc4ccccc4c3)cc2)nc1N(C)C. The minimum Gasteiger partial charge on any atom is -0.421 e. The van der Waals surface area contributed by atoms with E-state index in [-0.39, 0.29) is 11.8 Å². The summed E-state index contributed by atoms with van der Waals surface area (Å²) in [5.41, 5.74) is 2.30. The summed E-state index contributed by atoms with van der Waals surface area (Å²) < 4.78 is 5.21. The van der Waals surface area contributed by atoms with Crippen molar-refractivity contribution >= 4 is 34.2 Å². The smallest absolute Gasteiger partial charge is 0.308 e. The van der Waals surface area contributed by atoms with E-state index in [4.69, 9.17) is 4.74 Å². The van der Waals surface area contributed by atoms with Crippen LogP contribution in [0.1, 0.15) is 41.5 Å². The van der Waals surface area contributed by atoms with E-state index in [0.29, 0.717) is 28.6 Å². The summed E-state index contributed by atoms with van der Waals surface area (Å²) in [6.45, 7) is 3.35. The third kappa shape index (κ3) is 5.04. The van der Waals surface area contributed by atoms with Crippen molar-refractivity contribution in [2.45, 2.75) is 19.8 Å². The molecule has 0 fully saturated rings. The highest BCUT2D eigenvalue weighted by Gasteiger charge is 2.18. The zero-order chi connectivity index (χ0) is 24.2. The molecular weight excluding hydrogens is 428 g/mol. The highest BCUT2D eigenvalue weighted by molar-refractivity contribution is 6.06. The maximum absolute atomic E-state index is 12.7. The van der Waals surface area contributed by atoms with Crippen molar-refractivity contribution in [1.82, 2.24) is 9.97 Å². The van der Waals surface area contributed by atoms with Gasteiger partial charge in [0, 0.05) is 38.2 Å². The van der Waals surface area contributed by atoms with Crippen molar-refractivity contribution in [3.05, 3.63) is 89.9 Å². The fourth-order valence-corrected chi connectivity index (χ4v) is 3.67. The first-order valence-corrected chi connectivity index (χ1v) is 10.9. The van der Waals surface area contributed by atoms with E-state index in [2.05, 4.69) is 15.3 Å². The summed E-state index contributed by atoms with van der Waals surface area (Å²) in [7, 11) is 3.66. The monoisotopic (exact) mass is 454 g/mol. The second-order valence-corrected chi connectivity index (χ2v) is 8.26. The molecule has 4 aromatic rings. The average Bonchev–Trinajstić information content (AvgIpc) is 2.83. The van der Waals surface area contributed by atoms with Crippen LogP contribution in [0.25, 0.3) is 10.8 Å². The van der Waals surface area contributed by atoms with E-state index in [1.165, 1.54) is 13.1 Å². The first-order chi connectivity index (χ1) is 16.3. The standard InChI is InChI=1S/C27H26N4O3/c1-17(25-28-16-24(34-18(2)32)26(30-25)31(3)4)19-11-13-23(14-12-19)29-27(33)22-10-9-20-7-5-6-8-21(20)15-22/h5-17H,1-4H3,(H,29,33). The Bertz CT molecular complexity index is 1350. The molecule has 0 spiro atoms. The molecule has 4 rings (SSSR count). The van der Waals surface area contributed by atoms with E-state index in [1.807, 2.05) is 87.7 Å². The van der Waals surface area contributed by atoms with Gasteiger partial charge in [0.1, 0.15) is 5.82 Å². The number of anilines is 2. The molecule has 3 aromatic carbocycles. The van der Waals surface area contributed by atoms with Gasteiger partial charge in [-0.2, -0.15) is 0 Å². The van der Waals surface area contributed by atoms with Gasteiger partial charge in [0.2, 0.25) is 0 Å². The van der Waals surface area contributed by atoms with Gasteiger partial charge < -0.3 is 15.0 Å². The Morgan fingerprint density at radius 3 is 2.35 bits per heavy atom. The Hall–Kier alpha value is -4.26. The molecular formula is C27H26N4O3. The molecule has 1 atom stereocenters. The average molecular weight is 455 g/mol. The first kappa shape index (κ1) is 22.9. The van der Waals surface area contributed by atoms with Crippen molar-refractivity contribution in [3.63, 3.8) is 0 Å². The zero-order valence-electron chi connectivity index (χ0n) is 19.6. The number of ether oxygens (including phenoxy) is 1. The van der Waals surface area contributed by atoms with Crippen molar-refractivity contribution in [2.24, 2.45) is 0 Å². The number of aromatic nitrogens is 2. The van der Waals surface area contributed by atoms with Crippen LogP contribution in [-0.4, -0.2) is 35.9 Å². The maximum Gasteiger partial charge on any atom is 0.308 e. The molecule has 0 bridgehead atoms. The van der Waals surface area contributed by atoms with Crippen molar-refractivity contribution in [2.75, 3.05) is 24.3 Å². The van der Waals surface area contributed by atoms with E-state index < -0.39 is 5.97 Å². The minimum absolute atomic E-state index is 0.102. The highest BCUT2D eigenvalue weighted by Crippen LogP contribution is 2.29. The van der Waals surface area contributed by atoms with Crippen molar-refractivity contribution in [1.29, 1.82) is 0 Å². The zero-order valence-corrected chi connectivity index (χ0v) is 19.6. The third-order valence-corrected chi connectivity index (χ3v) is 5.50. The molecule has 0 radical (unpaired) electrons. The van der Waals surface area contributed by atoms with Crippen molar-refractivity contribution < 1.29 is 14.3 Å². The molecule has 1 heterocycles. The van der Waals surface area contributed by atoms with E-state index in [0.717, 1.165) is 16.3 Å². The number of hydrogen-bond acceptors (Lipinski definition) is 6. The topological polar surface area (TPSA) is 84.4 Å². The molecule has 172 valence electrons. The molecule has 0 aliphatic rings. The van der Waals surface area contributed by atoms with Gasteiger partial charge in [0.25, 0.3) is 5.91 Å². The first-order valence-electron chi connectivity index (χ1n) is 10.9. The van der Waals surface area contributed by atoms with Crippen LogP contribution < -0.4 is 15.0 Å². The molecule has 0 saturated heterocycles. The molecule has 7 heteroatoms. The molecule has 1 aromatic heterocycles. The van der Waals surface area contributed by atoms with Gasteiger partial charge >= 0.3 is 5.97 Å². The summed E-state index contributed by atoms with van der Waals surface area (Å²) in [6, 6.07) is 21.2. The molecule has 34 heavy (non-hydrogen) atoms. The summed E-state index contributed by atoms with van der Waals surface area (Å²) in [5.74, 6) is 0.773. The highest BCUT2D eigenvalue weighted by atomic mass is 16.5. The van der Waals surface area contributed by atoms with Gasteiger partial charge in [-0.3, -0.25) is 9.59 Å². The lowest BCUT2D eigenvalue weighted by atomic mass is 10.00. The third-order valence-electron chi connectivity index (χ3n) is 5.50. The number of carbonyl (C=O) groups is 2. The largest absolute Gasteiger partial charge is 0.421 e. The Morgan fingerprint density at radius 2 is 1.68 bits per heavy atom. The summed E-state index contributed by atoms with van der Waals surface area (Å²) in [5, 5.41) is 5.07. The molecule has 7 nitrogen and oxygen atoms in total. The molecule has 1 unspecified atom stereocenters.